The van der Waals surface area contributed by atoms with Crippen LogP contribution in [-0.4, -0.2) is 12.6 Å². The number of hydrogen-bond donors (Lipinski definition) is 1. The lowest BCUT2D eigenvalue weighted by molar-refractivity contribution is 0.301. The van der Waals surface area contributed by atoms with Crippen LogP contribution in [0.1, 0.15) is 45.4 Å². The molecular formula is C12H23N. The molecule has 1 N–H and O–H groups in total. The van der Waals surface area contributed by atoms with E-state index in [1.54, 1.807) is 0 Å². The van der Waals surface area contributed by atoms with Gasteiger partial charge < -0.3 is 5.32 Å². The first-order valence-corrected chi connectivity index (χ1v) is 5.74. The van der Waals surface area contributed by atoms with E-state index in [-0.39, 0.29) is 0 Å². The summed E-state index contributed by atoms with van der Waals surface area (Å²) in [6.07, 6.45) is 10.4. The van der Waals surface area contributed by atoms with Gasteiger partial charge >= 0.3 is 0 Å². The summed E-state index contributed by atoms with van der Waals surface area (Å²) < 4.78 is 0. The van der Waals surface area contributed by atoms with Gasteiger partial charge in [0.15, 0.2) is 0 Å². The molecule has 0 aromatic carbocycles. The van der Waals surface area contributed by atoms with E-state index < -0.39 is 0 Å². The molecule has 0 aliphatic heterocycles. The molecule has 1 nitrogen and oxygen atoms in total. The van der Waals surface area contributed by atoms with Gasteiger partial charge in [-0.2, -0.15) is 0 Å². The summed E-state index contributed by atoms with van der Waals surface area (Å²) in [5.74, 6) is 0.859. The van der Waals surface area contributed by atoms with E-state index in [2.05, 4.69) is 24.9 Å². The molecule has 1 saturated carbocycles. The number of rotatable bonds is 5. The van der Waals surface area contributed by atoms with Crippen molar-refractivity contribution in [3.63, 3.8) is 0 Å². The van der Waals surface area contributed by atoms with Gasteiger partial charge in [-0.25, -0.2) is 0 Å². The maximum absolute atomic E-state index is 3.93. The van der Waals surface area contributed by atoms with E-state index in [1.165, 1.54) is 38.5 Å². The summed E-state index contributed by atoms with van der Waals surface area (Å²) in [6.45, 7) is 7.28. The van der Waals surface area contributed by atoms with Gasteiger partial charge in [0.25, 0.3) is 0 Å². The fourth-order valence-electron chi connectivity index (χ4n) is 2.25. The van der Waals surface area contributed by atoms with Gasteiger partial charge in [-0.15, -0.1) is 6.58 Å². The third kappa shape index (κ3) is 3.51. The zero-order valence-corrected chi connectivity index (χ0v) is 8.89. The molecule has 1 heteroatoms. The quantitative estimate of drug-likeness (QED) is 0.643. The SMILES string of the molecule is C=CC(NCCC)C1CCCCC1. The van der Waals surface area contributed by atoms with Crippen LogP contribution < -0.4 is 5.32 Å². The van der Waals surface area contributed by atoms with E-state index in [0.717, 1.165) is 12.5 Å². The standard InChI is InChI=1S/C12H23N/c1-3-10-13-12(4-2)11-8-6-5-7-9-11/h4,11-13H,2-3,5-10H2,1H3. The highest BCUT2D eigenvalue weighted by molar-refractivity contribution is 4.91. The topological polar surface area (TPSA) is 12.0 Å². The van der Waals surface area contributed by atoms with Crippen LogP contribution >= 0.6 is 0 Å². The van der Waals surface area contributed by atoms with Crippen molar-refractivity contribution in [3.8, 4) is 0 Å². The van der Waals surface area contributed by atoms with Gasteiger partial charge in [0.05, 0.1) is 0 Å². The summed E-state index contributed by atoms with van der Waals surface area (Å²) in [7, 11) is 0. The first-order valence-electron chi connectivity index (χ1n) is 5.74. The molecule has 1 fully saturated rings. The first kappa shape index (κ1) is 10.8. The fraction of sp³-hybridized carbons (Fsp3) is 0.833. The minimum atomic E-state index is 0.570. The van der Waals surface area contributed by atoms with Crippen LogP contribution in [0.4, 0.5) is 0 Å². The van der Waals surface area contributed by atoms with Crippen molar-refractivity contribution in [2.45, 2.75) is 51.5 Å². The number of nitrogens with one attached hydrogen (secondary N) is 1. The van der Waals surface area contributed by atoms with Gasteiger partial charge in [0.2, 0.25) is 0 Å². The van der Waals surface area contributed by atoms with E-state index >= 15 is 0 Å². The van der Waals surface area contributed by atoms with E-state index in [9.17, 15) is 0 Å². The molecule has 1 atom stereocenters. The summed E-state index contributed by atoms with van der Waals surface area (Å²) in [6, 6.07) is 0.570. The molecular weight excluding hydrogens is 158 g/mol. The molecule has 1 unspecified atom stereocenters. The van der Waals surface area contributed by atoms with Crippen molar-refractivity contribution in [2.75, 3.05) is 6.54 Å². The van der Waals surface area contributed by atoms with E-state index in [0.29, 0.717) is 6.04 Å². The third-order valence-electron chi connectivity index (χ3n) is 3.04. The van der Waals surface area contributed by atoms with E-state index in [1.807, 2.05) is 0 Å². The monoisotopic (exact) mass is 181 g/mol. The molecule has 13 heavy (non-hydrogen) atoms. The molecule has 0 saturated heterocycles. The zero-order chi connectivity index (χ0) is 9.52. The Balaban J connectivity index is 2.30. The molecule has 0 spiro atoms. The van der Waals surface area contributed by atoms with Crippen molar-refractivity contribution in [1.82, 2.24) is 5.32 Å². The second kappa shape index (κ2) is 6.20. The Morgan fingerprint density at radius 2 is 2.08 bits per heavy atom. The average Bonchev–Trinajstić information content (AvgIpc) is 2.21. The van der Waals surface area contributed by atoms with Crippen LogP contribution in [0.5, 0.6) is 0 Å². The summed E-state index contributed by atoms with van der Waals surface area (Å²) in [5, 5.41) is 3.57. The predicted octanol–water partition coefficient (Wildman–Crippen LogP) is 3.12. The van der Waals surface area contributed by atoms with Crippen LogP contribution in [0.2, 0.25) is 0 Å². The highest BCUT2D eigenvalue weighted by Gasteiger charge is 2.20. The minimum absolute atomic E-state index is 0.570. The van der Waals surface area contributed by atoms with Crippen molar-refractivity contribution in [3.05, 3.63) is 12.7 Å². The van der Waals surface area contributed by atoms with Gasteiger partial charge in [0, 0.05) is 6.04 Å². The molecule has 0 bridgehead atoms. The van der Waals surface area contributed by atoms with Crippen LogP contribution in [0.3, 0.4) is 0 Å². The Labute approximate surface area is 82.6 Å². The molecule has 1 aliphatic rings. The van der Waals surface area contributed by atoms with Crippen LogP contribution in [0.25, 0.3) is 0 Å². The lowest BCUT2D eigenvalue weighted by Gasteiger charge is -2.28. The minimum Gasteiger partial charge on any atom is -0.310 e. The number of hydrogen-bond acceptors (Lipinski definition) is 1. The average molecular weight is 181 g/mol. The molecule has 0 aromatic heterocycles. The second-order valence-corrected chi connectivity index (χ2v) is 4.11. The lowest BCUT2D eigenvalue weighted by atomic mass is 9.84. The van der Waals surface area contributed by atoms with Gasteiger partial charge in [-0.05, 0) is 31.7 Å². The highest BCUT2D eigenvalue weighted by atomic mass is 14.9. The Bertz CT molecular complexity index is 136. The predicted molar refractivity (Wildman–Crippen MR) is 58.9 cm³/mol. The molecule has 76 valence electrons. The van der Waals surface area contributed by atoms with Crippen molar-refractivity contribution >= 4 is 0 Å². The zero-order valence-electron chi connectivity index (χ0n) is 8.89. The molecule has 1 rings (SSSR count). The largest absolute Gasteiger partial charge is 0.310 e. The molecule has 0 heterocycles. The van der Waals surface area contributed by atoms with Gasteiger partial charge in [-0.3, -0.25) is 0 Å². The van der Waals surface area contributed by atoms with Crippen LogP contribution in [0.15, 0.2) is 12.7 Å². The molecule has 0 amide bonds. The van der Waals surface area contributed by atoms with Gasteiger partial charge in [-0.1, -0.05) is 32.3 Å². The van der Waals surface area contributed by atoms with Crippen molar-refractivity contribution in [2.24, 2.45) is 5.92 Å². The van der Waals surface area contributed by atoms with Crippen LogP contribution in [0, 0.1) is 5.92 Å². The van der Waals surface area contributed by atoms with Gasteiger partial charge in [0.1, 0.15) is 0 Å². The smallest absolute Gasteiger partial charge is 0.0275 e. The highest BCUT2D eigenvalue weighted by Crippen LogP contribution is 2.26. The lowest BCUT2D eigenvalue weighted by Crippen LogP contribution is -2.35. The van der Waals surface area contributed by atoms with Crippen LogP contribution in [-0.2, 0) is 0 Å². The third-order valence-corrected chi connectivity index (χ3v) is 3.04. The fourth-order valence-corrected chi connectivity index (χ4v) is 2.25. The van der Waals surface area contributed by atoms with E-state index in [4.69, 9.17) is 0 Å². The molecule has 1 aliphatic carbocycles. The van der Waals surface area contributed by atoms with Crippen molar-refractivity contribution < 1.29 is 0 Å². The van der Waals surface area contributed by atoms with Crippen molar-refractivity contribution in [1.29, 1.82) is 0 Å². The normalized spacial score (nSPS) is 21.3. The first-order chi connectivity index (χ1) is 6.38. The Kier molecular flexibility index (Phi) is 5.14. The Morgan fingerprint density at radius 3 is 2.62 bits per heavy atom. The second-order valence-electron chi connectivity index (χ2n) is 4.11. The Hall–Kier alpha value is -0.300. The maximum atomic E-state index is 3.93. The summed E-state index contributed by atoms with van der Waals surface area (Å²) in [5.41, 5.74) is 0. The summed E-state index contributed by atoms with van der Waals surface area (Å²) in [4.78, 5) is 0. The maximum Gasteiger partial charge on any atom is 0.0275 e. The molecule has 0 radical (unpaired) electrons. The summed E-state index contributed by atoms with van der Waals surface area (Å²) >= 11 is 0. The molecule has 0 aromatic rings. The Morgan fingerprint density at radius 1 is 1.38 bits per heavy atom.